The summed E-state index contributed by atoms with van der Waals surface area (Å²) >= 11 is 1.75. The Hall–Kier alpha value is -1.20. The summed E-state index contributed by atoms with van der Waals surface area (Å²) in [5.41, 5.74) is 1.19. The van der Waals surface area contributed by atoms with Crippen LogP contribution >= 0.6 is 11.8 Å². The fourth-order valence-electron chi connectivity index (χ4n) is 3.31. The Morgan fingerprint density at radius 3 is 2.52 bits per heavy atom. The van der Waals surface area contributed by atoms with E-state index in [1.54, 1.807) is 11.8 Å². The van der Waals surface area contributed by atoms with Crippen LogP contribution in [-0.4, -0.2) is 53.7 Å². The third kappa shape index (κ3) is 3.83. The Bertz CT molecular complexity index is 528. The van der Waals surface area contributed by atoms with Gasteiger partial charge in [-0.15, -0.1) is 11.8 Å². The highest BCUT2D eigenvalue weighted by molar-refractivity contribution is 8.01. The summed E-state index contributed by atoms with van der Waals surface area (Å²) in [6.07, 6.45) is 2.59. The largest absolute Gasteiger partial charge is 0.494 e. The number of hydrogen-bond donors (Lipinski definition) is 0. The van der Waals surface area contributed by atoms with Gasteiger partial charge in [0.1, 0.15) is 11.1 Å². The molecule has 1 amide bonds. The van der Waals surface area contributed by atoms with E-state index in [4.69, 9.17) is 4.74 Å². The molecule has 4 nitrogen and oxygen atoms in total. The van der Waals surface area contributed by atoms with E-state index >= 15 is 0 Å². The highest BCUT2D eigenvalue weighted by Crippen LogP contribution is 2.43. The summed E-state index contributed by atoms with van der Waals surface area (Å²) in [6, 6.07) is 8.20. The van der Waals surface area contributed by atoms with Gasteiger partial charge in [-0.2, -0.15) is 0 Å². The number of amides is 1. The molecule has 0 aromatic heterocycles. The van der Waals surface area contributed by atoms with E-state index in [1.165, 1.54) is 31.5 Å². The van der Waals surface area contributed by atoms with Crippen LogP contribution in [0.1, 0.15) is 37.6 Å². The van der Waals surface area contributed by atoms with Crippen molar-refractivity contribution in [2.24, 2.45) is 0 Å². The molecule has 126 valence electrons. The van der Waals surface area contributed by atoms with Gasteiger partial charge < -0.3 is 14.5 Å². The number of thioether (sulfide) groups is 1. The Balaban J connectivity index is 1.68. The first kappa shape index (κ1) is 16.7. The summed E-state index contributed by atoms with van der Waals surface area (Å²) in [6.45, 7) is 8.86. The standard InChI is InChI=1S/C18H26N2O2S/c1-3-22-16-8-6-15(7-9-16)18-20(17(21)14(2)23-18)13-12-19-10-4-5-11-19/h6-9,14,18H,3-5,10-13H2,1-2H3/t14-,18-/m1/s1. The lowest BCUT2D eigenvalue weighted by Gasteiger charge is -2.26. The molecule has 5 heteroatoms. The molecule has 0 radical (unpaired) electrons. The number of likely N-dealkylation sites (tertiary alicyclic amines) is 1. The van der Waals surface area contributed by atoms with Crippen LogP contribution in [0.25, 0.3) is 0 Å². The highest BCUT2D eigenvalue weighted by atomic mass is 32.2. The number of ether oxygens (including phenoxy) is 1. The lowest BCUT2D eigenvalue weighted by atomic mass is 10.2. The van der Waals surface area contributed by atoms with Crippen molar-refractivity contribution in [1.82, 2.24) is 9.80 Å². The number of benzene rings is 1. The molecule has 2 aliphatic heterocycles. The van der Waals surface area contributed by atoms with Crippen molar-refractivity contribution in [1.29, 1.82) is 0 Å². The molecule has 0 N–H and O–H groups in total. The van der Waals surface area contributed by atoms with Gasteiger partial charge in [0, 0.05) is 13.1 Å². The van der Waals surface area contributed by atoms with Gasteiger partial charge in [0.25, 0.3) is 0 Å². The number of rotatable bonds is 6. The summed E-state index contributed by atoms with van der Waals surface area (Å²) in [7, 11) is 0. The Morgan fingerprint density at radius 2 is 1.87 bits per heavy atom. The van der Waals surface area contributed by atoms with Crippen LogP contribution in [-0.2, 0) is 4.79 Å². The molecule has 2 aliphatic rings. The van der Waals surface area contributed by atoms with Crippen molar-refractivity contribution >= 4 is 17.7 Å². The second-order valence-corrected chi connectivity index (χ2v) is 7.64. The number of carbonyl (C=O) groups excluding carboxylic acids is 1. The van der Waals surface area contributed by atoms with Crippen molar-refractivity contribution in [3.63, 3.8) is 0 Å². The fraction of sp³-hybridized carbons (Fsp3) is 0.611. The lowest BCUT2D eigenvalue weighted by Crippen LogP contribution is -2.37. The molecule has 0 bridgehead atoms. The third-order valence-electron chi connectivity index (χ3n) is 4.58. The molecule has 3 rings (SSSR count). The third-order valence-corrected chi connectivity index (χ3v) is 5.97. The number of hydrogen-bond acceptors (Lipinski definition) is 4. The van der Waals surface area contributed by atoms with Gasteiger partial charge in [0.2, 0.25) is 5.91 Å². The summed E-state index contributed by atoms with van der Waals surface area (Å²) in [4.78, 5) is 17.1. The van der Waals surface area contributed by atoms with Crippen LogP contribution in [0.4, 0.5) is 0 Å². The zero-order valence-electron chi connectivity index (χ0n) is 14.0. The highest BCUT2D eigenvalue weighted by Gasteiger charge is 2.38. The van der Waals surface area contributed by atoms with Gasteiger partial charge in [-0.1, -0.05) is 12.1 Å². The molecule has 0 unspecified atom stereocenters. The number of carbonyl (C=O) groups is 1. The Kier molecular flexibility index (Phi) is 5.49. The quantitative estimate of drug-likeness (QED) is 0.800. The Labute approximate surface area is 143 Å². The van der Waals surface area contributed by atoms with Crippen LogP contribution in [0, 0.1) is 0 Å². The molecule has 2 heterocycles. The van der Waals surface area contributed by atoms with E-state index in [0.29, 0.717) is 6.61 Å². The molecule has 1 aromatic carbocycles. The zero-order valence-corrected chi connectivity index (χ0v) is 14.8. The average Bonchev–Trinajstić information content (AvgIpc) is 3.16. The SMILES string of the molecule is CCOc1ccc([C@H]2S[C@H](C)C(=O)N2CCN2CCCC2)cc1. The van der Waals surface area contributed by atoms with Crippen molar-refractivity contribution < 1.29 is 9.53 Å². The maximum Gasteiger partial charge on any atom is 0.236 e. The van der Waals surface area contributed by atoms with E-state index in [9.17, 15) is 4.79 Å². The van der Waals surface area contributed by atoms with Crippen molar-refractivity contribution in [3.8, 4) is 5.75 Å². The van der Waals surface area contributed by atoms with Gasteiger partial charge in [-0.3, -0.25) is 4.79 Å². The fourth-order valence-corrected chi connectivity index (χ4v) is 4.62. The first-order chi connectivity index (χ1) is 11.2. The second-order valence-electron chi connectivity index (χ2n) is 6.21. The molecular formula is C18H26N2O2S. The lowest BCUT2D eigenvalue weighted by molar-refractivity contribution is -0.130. The minimum atomic E-state index is 0.0464. The Morgan fingerprint density at radius 1 is 1.17 bits per heavy atom. The van der Waals surface area contributed by atoms with Crippen LogP contribution in [0.15, 0.2) is 24.3 Å². The molecular weight excluding hydrogens is 308 g/mol. The van der Waals surface area contributed by atoms with Gasteiger partial charge in [0.15, 0.2) is 0 Å². The minimum Gasteiger partial charge on any atom is -0.494 e. The first-order valence-corrected chi connectivity index (χ1v) is 9.54. The summed E-state index contributed by atoms with van der Waals surface area (Å²) in [5, 5.41) is 0.181. The predicted molar refractivity (Wildman–Crippen MR) is 94.8 cm³/mol. The molecule has 0 aliphatic carbocycles. The maximum atomic E-state index is 12.5. The van der Waals surface area contributed by atoms with E-state index < -0.39 is 0 Å². The van der Waals surface area contributed by atoms with E-state index in [-0.39, 0.29) is 16.5 Å². The second kappa shape index (κ2) is 7.58. The van der Waals surface area contributed by atoms with E-state index in [1.807, 2.05) is 26.0 Å². The predicted octanol–water partition coefficient (Wildman–Crippen LogP) is 3.14. The summed E-state index contributed by atoms with van der Waals surface area (Å²) < 4.78 is 5.51. The zero-order chi connectivity index (χ0) is 16.2. The number of nitrogens with zero attached hydrogens (tertiary/aromatic N) is 2. The first-order valence-electron chi connectivity index (χ1n) is 8.60. The normalized spacial score (nSPS) is 25.3. The van der Waals surface area contributed by atoms with Gasteiger partial charge >= 0.3 is 0 Å². The minimum absolute atomic E-state index is 0.0464. The molecule has 2 atom stereocenters. The van der Waals surface area contributed by atoms with Gasteiger partial charge in [-0.05, 0) is 57.5 Å². The molecule has 2 saturated heterocycles. The van der Waals surface area contributed by atoms with Crippen LogP contribution < -0.4 is 4.74 Å². The molecule has 1 aromatic rings. The smallest absolute Gasteiger partial charge is 0.236 e. The van der Waals surface area contributed by atoms with Crippen LogP contribution in [0.2, 0.25) is 0 Å². The molecule has 0 saturated carbocycles. The van der Waals surface area contributed by atoms with Crippen molar-refractivity contribution in [2.45, 2.75) is 37.3 Å². The van der Waals surface area contributed by atoms with Crippen LogP contribution in [0.3, 0.4) is 0 Å². The average molecular weight is 334 g/mol. The molecule has 23 heavy (non-hydrogen) atoms. The maximum absolute atomic E-state index is 12.5. The van der Waals surface area contributed by atoms with E-state index in [0.717, 1.165) is 18.8 Å². The topological polar surface area (TPSA) is 32.8 Å². The van der Waals surface area contributed by atoms with Gasteiger partial charge in [-0.25, -0.2) is 0 Å². The molecule has 2 fully saturated rings. The van der Waals surface area contributed by atoms with E-state index in [2.05, 4.69) is 21.9 Å². The van der Waals surface area contributed by atoms with Crippen molar-refractivity contribution in [2.75, 3.05) is 32.8 Å². The van der Waals surface area contributed by atoms with Gasteiger partial charge in [0.05, 0.1) is 11.9 Å². The molecule has 0 spiro atoms. The monoisotopic (exact) mass is 334 g/mol. The van der Waals surface area contributed by atoms with Crippen molar-refractivity contribution in [3.05, 3.63) is 29.8 Å². The summed E-state index contributed by atoms with van der Waals surface area (Å²) in [5.74, 6) is 1.16. The van der Waals surface area contributed by atoms with Crippen LogP contribution in [0.5, 0.6) is 5.75 Å².